The van der Waals surface area contributed by atoms with Crippen LogP contribution in [-0.2, 0) is 16.4 Å². The summed E-state index contributed by atoms with van der Waals surface area (Å²) < 4.78 is 23.3. The van der Waals surface area contributed by atoms with Crippen molar-refractivity contribution in [1.82, 2.24) is 20.2 Å². The summed E-state index contributed by atoms with van der Waals surface area (Å²) in [5.74, 6) is 1.28. The molecule has 8 nitrogen and oxygen atoms in total. The van der Waals surface area contributed by atoms with Crippen LogP contribution in [0, 0.1) is 0 Å². The van der Waals surface area contributed by atoms with Crippen molar-refractivity contribution < 1.29 is 13.2 Å². The maximum absolute atomic E-state index is 12.9. The van der Waals surface area contributed by atoms with Crippen LogP contribution in [0.4, 0.5) is 5.69 Å². The Morgan fingerprint density at radius 3 is 2.17 bits per heavy atom. The number of nitrogens with one attached hydrogen (secondary N) is 3. The van der Waals surface area contributed by atoms with Crippen molar-refractivity contribution >= 4 is 34.9 Å². The summed E-state index contributed by atoms with van der Waals surface area (Å²) in [7, 11) is -2.88. The first kappa shape index (κ1) is 30.0. The first-order valence-electron chi connectivity index (χ1n) is 14.2. The lowest BCUT2D eigenvalue weighted by molar-refractivity contribution is 0.102. The van der Waals surface area contributed by atoms with E-state index in [4.69, 9.17) is 0 Å². The molecule has 10 heteroatoms. The van der Waals surface area contributed by atoms with Crippen molar-refractivity contribution in [2.45, 2.75) is 31.8 Å². The first-order chi connectivity index (χ1) is 19.9. The van der Waals surface area contributed by atoms with Crippen molar-refractivity contribution in [3.8, 4) is 22.4 Å². The van der Waals surface area contributed by atoms with Crippen LogP contribution in [0.15, 0.2) is 79.0 Å². The van der Waals surface area contributed by atoms with Crippen molar-refractivity contribution in [2.75, 3.05) is 36.5 Å². The van der Waals surface area contributed by atoms with E-state index in [2.05, 4.69) is 49.8 Å². The molecule has 3 aromatic carbocycles. The predicted molar refractivity (Wildman–Crippen MR) is 173 cm³/mol. The fourth-order valence-corrected chi connectivity index (χ4v) is 6.74. The zero-order valence-corrected chi connectivity index (χ0v) is 25.3. The maximum atomic E-state index is 12.9. The number of carbonyl (C=O) groups excluding carboxylic acids is 1. The highest BCUT2D eigenvalue weighted by Crippen LogP contribution is 2.27. The number of rotatable bonds is 7. The molecule has 0 aliphatic carbocycles. The number of amides is 1. The molecule has 2 saturated heterocycles. The number of carbonyl (C=O) groups is 1. The van der Waals surface area contributed by atoms with Crippen LogP contribution in [0.3, 0.4) is 0 Å². The maximum Gasteiger partial charge on any atom is 0.255 e. The van der Waals surface area contributed by atoms with Crippen LogP contribution in [0.25, 0.3) is 22.4 Å². The highest BCUT2D eigenvalue weighted by molar-refractivity contribution is 7.91. The number of aromatic nitrogens is 2. The quantitative estimate of drug-likeness (QED) is 0.270. The summed E-state index contributed by atoms with van der Waals surface area (Å²) >= 11 is 0. The molecule has 3 heterocycles. The van der Waals surface area contributed by atoms with Crippen LogP contribution >= 0.6 is 13.5 Å². The van der Waals surface area contributed by atoms with Gasteiger partial charge in [-0.3, -0.25) is 9.69 Å². The van der Waals surface area contributed by atoms with Gasteiger partial charge in [0.05, 0.1) is 29.4 Å². The second-order valence-corrected chi connectivity index (χ2v) is 13.2. The van der Waals surface area contributed by atoms with E-state index >= 15 is 0 Å². The molecule has 0 spiro atoms. The lowest BCUT2D eigenvalue weighted by atomic mass is 10.0. The molecular weight excluding hydrogens is 567 g/mol. The molecular formula is C32H37N5O3S2. The van der Waals surface area contributed by atoms with Gasteiger partial charge in [-0.25, -0.2) is 13.4 Å². The lowest BCUT2D eigenvalue weighted by Gasteiger charge is -2.26. The Balaban J connectivity index is 0.00000353. The second-order valence-electron chi connectivity index (χ2n) is 10.9. The Morgan fingerprint density at radius 2 is 1.52 bits per heavy atom. The second kappa shape index (κ2) is 13.2. The minimum atomic E-state index is -2.88. The molecule has 4 aromatic rings. The van der Waals surface area contributed by atoms with E-state index in [0.717, 1.165) is 52.4 Å². The summed E-state index contributed by atoms with van der Waals surface area (Å²) in [6.45, 7) is 2.86. The number of nitrogens with zero attached hydrogens (tertiary/aromatic N) is 2. The van der Waals surface area contributed by atoms with Crippen LogP contribution in [0.5, 0.6) is 0 Å². The Hall–Kier alpha value is -3.44. The zero-order chi connectivity index (χ0) is 28.2. The molecule has 1 aromatic heterocycles. The molecule has 0 saturated carbocycles. The lowest BCUT2D eigenvalue weighted by Crippen LogP contribution is -2.39. The number of benzene rings is 3. The minimum absolute atomic E-state index is 0. The van der Waals surface area contributed by atoms with E-state index in [0.29, 0.717) is 31.2 Å². The van der Waals surface area contributed by atoms with E-state index in [1.807, 2.05) is 54.7 Å². The predicted octanol–water partition coefficient (Wildman–Crippen LogP) is 5.15. The minimum Gasteiger partial charge on any atom is -0.341 e. The Bertz CT molecular complexity index is 1580. The van der Waals surface area contributed by atoms with Gasteiger partial charge in [-0.1, -0.05) is 55.0 Å². The average Bonchev–Trinajstić information content (AvgIpc) is 3.50. The number of hydrogen-bond donors (Lipinski definition) is 3. The number of H-pyrrole nitrogens is 1. The van der Waals surface area contributed by atoms with Crippen molar-refractivity contribution in [2.24, 2.45) is 0 Å². The van der Waals surface area contributed by atoms with Gasteiger partial charge in [-0.2, -0.15) is 13.5 Å². The van der Waals surface area contributed by atoms with E-state index in [9.17, 15) is 13.2 Å². The summed E-state index contributed by atoms with van der Waals surface area (Å²) in [5.41, 5.74) is 6.63. The van der Waals surface area contributed by atoms with E-state index in [1.165, 1.54) is 12.8 Å². The number of sulfone groups is 1. The molecule has 2 aliphatic rings. The van der Waals surface area contributed by atoms with E-state index < -0.39 is 9.84 Å². The summed E-state index contributed by atoms with van der Waals surface area (Å²) in [5, 5.41) is 6.50. The first-order valence-corrected chi connectivity index (χ1v) is 16.1. The van der Waals surface area contributed by atoms with Crippen LogP contribution in [-0.4, -0.2) is 60.3 Å². The molecule has 42 heavy (non-hydrogen) atoms. The zero-order valence-electron chi connectivity index (χ0n) is 23.5. The molecule has 0 radical (unpaired) electrons. The highest BCUT2D eigenvalue weighted by Gasteiger charge is 2.21. The van der Waals surface area contributed by atoms with Gasteiger partial charge in [-0.05, 0) is 65.9 Å². The topological polar surface area (TPSA) is 107 Å². The van der Waals surface area contributed by atoms with Gasteiger partial charge in [-0.15, -0.1) is 0 Å². The number of anilines is 1. The van der Waals surface area contributed by atoms with Gasteiger partial charge in [0.25, 0.3) is 5.91 Å². The normalized spacial score (nSPS) is 18.6. The van der Waals surface area contributed by atoms with E-state index in [-0.39, 0.29) is 30.9 Å². The monoisotopic (exact) mass is 603 g/mol. The fourth-order valence-electron chi connectivity index (χ4n) is 5.47. The van der Waals surface area contributed by atoms with Gasteiger partial charge in [0.2, 0.25) is 0 Å². The summed E-state index contributed by atoms with van der Waals surface area (Å²) in [6, 6.07) is 24.0. The number of hydrogen-bond acceptors (Lipinski definition) is 6. The highest BCUT2D eigenvalue weighted by atomic mass is 32.2. The van der Waals surface area contributed by atoms with E-state index in [1.54, 1.807) is 0 Å². The molecule has 220 valence electrons. The molecule has 1 amide bonds. The Labute approximate surface area is 254 Å². The fraction of sp³-hybridized carbons (Fsp3) is 0.312. The number of piperidine rings is 1. The number of aromatic amines is 1. The molecule has 3 N–H and O–H groups in total. The van der Waals surface area contributed by atoms with Crippen molar-refractivity contribution in [1.29, 1.82) is 0 Å². The molecule has 0 bridgehead atoms. The third kappa shape index (κ3) is 7.30. The molecule has 2 fully saturated rings. The molecule has 1 atom stereocenters. The average molecular weight is 604 g/mol. The smallest absolute Gasteiger partial charge is 0.255 e. The van der Waals surface area contributed by atoms with Gasteiger partial charge < -0.3 is 15.6 Å². The SMILES string of the molecule is O=C(Nc1ccc(CN2CCS(=O)(=O)CC2)cc1)c1ccc(-c2ccc(-c3cnc([C@@H]4CCCCN4)[nH]3)cc2)cc1.S. The Morgan fingerprint density at radius 1 is 0.881 bits per heavy atom. The summed E-state index contributed by atoms with van der Waals surface area (Å²) in [4.78, 5) is 23.1. The third-order valence-electron chi connectivity index (χ3n) is 7.97. The molecule has 6 rings (SSSR count). The van der Waals surface area contributed by atoms with Crippen molar-refractivity contribution in [3.63, 3.8) is 0 Å². The largest absolute Gasteiger partial charge is 0.341 e. The third-order valence-corrected chi connectivity index (χ3v) is 9.58. The summed E-state index contributed by atoms with van der Waals surface area (Å²) in [6.07, 6.45) is 5.48. The van der Waals surface area contributed by atoms with Gasteiger partial charge >= 0.3 is 0 Å². The van der Waals surface area contributed by atoms with Gasteiger partial charge in [0.1, 0.15) is 5.82 Å². The van der Waals surface area contributed by atoms with Gasteiger partial charge in [0.15, 0.2) is 9.84 Å². The van der Waals surface area contributed by atoms with Crippen LogP contribution in [0.1, 0.15) is 47.1 Å². The van der Waals surface area contributed by atoms with Crippen LogP contribution < -0.4 is 10.6 Å². The standard InChI is InChI=1S/C32H35N5O3S.H2S/c38-32(35-28-14-4-23(5-15-28)22-37-17-19-41(39,40)20-18-37)27-12-8-25(9-13-27)24-6-10-26(11-7-24)30-21-34-31(36-30)29-3-1-2-16-33-29;/h4-15,21,29,33H,1-3,16-20,22H2,(H,34,36)(H,35,38);1H2/t29-;/m0./s1. The molecule has 2 aliphatic heterocycles. The molecule has 0 unspecified atom stereocenters. The Kier molecular flexibility index (Phi) is 9.47. The van der Waals surface area contributed by atoms with Crippen LogP contribution in [0.2, 0.25) is 0 Å². The van der Waals surface area contributed by atoms with Gasteiger partial charge in [0, 0.05) is 30.9 Å². The number of imidazole rings is 1. The van der Waals surface area contributed by atoms with Crippen molar-refractivity contribution in [3.05, 3.63) is 95.9 Å².